The van der Waals surface area contributed by atoms with Crippen LogP contribution >= 0.6 is 0 Å². The summed E-state index contributed by atoms with van der Waals surface area (Å²) in [4.78, 5) is 12.4. The molecule has 2 aromatic carbocycles. The second-order valence-corrected chi connectivity index (χ2v) is 5.38. The highest BCUT2D eigenvalue weighted by Gasteiger charge is 2.10. The maximum absolute atomic E-state index is 12.4. The van der Waals surface area contributed by atoms with E-state index in [1.54, 1.807) is 0 Å². The van der Waals surface area contributed by atoms with Crippen molar-refractivity contribution < 1.29 is 10.5 Å². The quantitative estimate of drug-likeness (QED) is 0.871. The van der Waals surface area contributed by atoms with Crippen LogP contribution in [0.1, 0.15) is 33.5 Å². The number of rotatable bonds is 5. The van der Waals surface area contributed by atoms with Gasteiger partial charge in [-0.25, -0.2) is 0 Å². The Labute approximate surface area is 126 Å². The number of hydrogen-bond acceptors (Lipinski definition) is 1. The first kappa shape index (κ1) is 15.3. The van der Waals surface area contributed by atoms with Gasteiger partial charge in [-0.1, -0.05) is 30.3 Å². The van der Waals surface area contributed by atoms with Gasteiger partial charge in [0.2, 0.25) is 0 Å². The Hall–Kier alpha value is -2.13. The predicted octanol–water partition coefficient (Wildman–Crippen LogP) is 2.73. The van der Waals surface area contributed by atoms with E-state index < -0.39 is 0 Å². The minimum Gasteiger partial charge on any atom is -0.358 e. The fourth-order valence-electron chi connectivity index (χ4n) is 2.39. The standard InChI is InChI=1S/C18H22N2O/c1-13-6-3-7-14(2)17(13)20-18(21)16-10-4-8-15(12-16)9-5-11-19/h3-4,6-8,10,12H,5,9,11,19H2,1-2H3,(H,20,21)/p+1. The van der Waals surface area contributed by atoms with Gasteiger partial charge in [0.05, 0.1) is 6.54 Å². The van der Waals surface area contributed by atoms with Crippen LogP contribution in [0.5, 0.6) is 0 Å². The van der Waals surface area contributed by atoms with Crippen molar-refractivity contribution in [2.75, 3.05) is 11.9 Å². The molecule has 0 unspecified atom stereocenters. The molecule has 0 saturated heterocycles. The second-order valence-electron chi connectivity index (χ2n) is 5.38. The molecule has 0 heterocycles. The molecule has 0 spiro atoms. The molecule has 21 heavy (non-hydrogen) atoms. The lowest BCUT2D eigenvalue weighted by Gasteiger charge is -2.12. The fraction of sp³-hybridized carbons (Fsp3) is 0.278. The molecular formula is C18H23N2O+. The van der Waals surface area contributed by atoms with E-state index >= 15 is 0 Å². The number of anilines is 1. The van der Waals surface area contributed by atoms with Crippen LogP contribution in [-0.2, 0) is 6.42 Å². The minimum absolute atomic E-state index is 0.0520. The summed E-state index contributed by atoms with van der Waals surface area (Å²) >= 11 is 0. The lowest BCUT2D eigenvalue weighted by Crippen LogP contribution is -2.50. The van der Waals surface area contributed by atoms with Crippen LogP contribution in [0.3, 0.4) is 0 Å². The topological polar surface area (TPSA) is 56.7 Å². The summed E-state index contributed by atoms with van der Waals surface area (Å²) in [5, 5.41) is 3.03. The summed E-state index contributed by atoms with van der Waals surface area (Å²) in [6, 6.07) is 13.8. The summed E-state index contributed by atoms with van der Waals surface area (Å²) in [6.07, 6.45) is 2.01. The predicted molar refractivity (Wildman–Crippen MR) is 86.4 cm³/mol. The molecule has 2 rings (SSSR count). The van der Waals surface area contributed by atoms with Crippen molar-refractivity contribution in [3.8, 4) is 0 Å². The Balaban J connectivity index is 2.17. The molecule has 0 saturated carbocycles. The number of carbonyl (C=O) groups is 1. The van der Waals surface area contributed by atoms with E-state index in [-0.39, 0.29) is 5.91 Å². The van der Waals surface area contributed by atoms with Crippen molar-refractivity contribution in [2.45, 2.75) is 26.7 Å². The molecule has 0 aliphatic carbocycles. The van der Waals surface area contributed by atoms with E-state index in [2.05, 4.69) is 17.1 Å². The molecule has 0 atom stereocenters. The molecular weight excluding hydrogens is 260 g/mol. The Kier molecular flexibility index (Phi) is 5.12. The van der Waals surface area contributed by atoms with Crippen molar-refractivity contribution in [3.63, 3.8) is 0 Å². The molecule has 0 aliphatic heterocycles. The number of carbonyl (C=O) groups excluding carboxylic acids is 1. The highest BCUT2D eigenvalue weighted by Crippen LogP contribution is 2.20. The van der Waals surface area contributed by atoms with E-state index in [1.165, 1.54) is 5.56 Å². The maximum atomic E-state index is 12.4. The van der Waals surface area contributed by atoms with Gasteiger partial charge in [0.1, 0.15) is 0 Å². The Morgan fingerprint density at radius 3 is 2.43 bits per heavy atom. The molecule has 4 N–H and O–H groups in total. The Morgan fingerprint density at radius 1 is 1.10 bits per heavy atom. The Morgan fingerprint density at radius 2 is 1.76 bits per heavy atom. The number of benzene rings is 2. The van der Waals surface area contributed by atoms with Gasteiger partial charge >= 0.3 is 0 Å². The molecule has 0 fully saturated rings. The third-order valence-electron chi connectivity index (χ3n) is 3.62. The molecule has 0 radical (unpaired) electrons. The number of amides is 1. The van der Waals surface area contributed by atoms with Gasteiger partial charge < -0.3 is 11.1 Å². The lowest BCUT2D eigenvalue weighted by atomic mass is 10.0. The van der Waals surface area contributed by atoms with Crippen molar-refractivity contribution in [3.05, 3.63) is 64.7 Å². The lowest BCUT2D eigenvalue weighted by molar-refractivity contribution is -0.368. The minimum atomic E-state index is -0.0520. The van der Waals surface area contributed by atoms with Crippen LogP contribution in [0.4, 0.5) is 5.69 Å². The molecule has 3 nitrogen and oxygen atoms in total. The molecule has 2 aromatic rings. The van der Waals surface area contributed by atoms with Crippen LogP contribution in [0.2, 0.25) is 0 Å². The van der Waals surface area contributed by atoms with Crippen molar-refractivity contribution in [1.29, 1.82) is 0 Å². The highest BCUT2D eigenvalue weighted by atomic mass is 16.1. The number of quaternary nitrogens is 1. The van der Waals surface area contributed by atoms with Gasteiger partial charge in [0.25, 0.3) is 5.91 Å². The molecule has 0 aromatic heterocycles. The van der Waals surface area contributed by atoms with Crippen molar-refractivity contribution in [1.82, 2.24) is 0 Å². The van der Waals surface area contributed by atoms with Gasteiger partial charge in [0, 0.05) is 17.7 Å². The maximum Gasteiger partial charge on any atom is 0.255 e. The van der Waals surface area contributed by atoms with E-state index in [0.717, 1.165) is 36.2 Å². The van der Waals surface area contributed by atoms with E-state index in [1.807, 2.05) is 50.2 Å². The largest absolute Gasteiger partial charge is 0.358 e. The highest BCUT2D eigenvalue weighted by molar-refractivity contribution is 6.05. The van der Waals surface area contributed by atoms with Gasteiger partial charge in [-0.15, -0.1) is 0 Å². The molecule has 3 heteroatoms. The monoisotopic (exact) mass is 283 g/mol. The molecule has 0 bridgehead atoms. The zero-order valence-electron chi connectivity index (χ0n) is 12.8. The molecule has 0 aliphatic rings. The molecule has 110 valence electrons. The zero-order chi connectivity index (χ0) is 15.2. The smallest absolute Gasteiger partial charge is 0.255 e. The van der Waals surface area contributed by atoms with Gasteiger partial charge in [0.15, 0.2) is 0 Å². The molecule has 1 amide bonds. The average molecular weight is 283 g/mol. The number of nitrogens with one attached hydrogen (secondary N) is 1. The van der Waals surface area contributed by atoms with Crippen LogP contribution in [0.25, 0.3) is 0 Å². The summed E-state index contributed by atoms with van der Waals surface area (Å²) in [5.41, 5.74) is 8.82. The first-order chi connectivity index (χ1) is 10.1. The Bertz CT molecular complexity index is 615. The number of hydrogen-bond donors (Lipinski definition) is 2. The van der Waals surface area contributed by atoms with Crippen LogP contribution < -0.4 is 11.1 Å². The zero-order valence-corrected chi connectivity index (χ0v) is 12.8. The summed E-state index contributed by atoms with van der Waals surface area (Å²) in [7, 11) is 0. The second kappa shape index (κ2) is 7.04. The fourth-order valence-corrected chi connectivity index (χ4v) is 2.39. The third-order valence-corrected chi connectivity index (χ3v) is 3.62. The van der Waals surface area contributed by atoms with Crippen molar-refractivity contribution >= 4 is 11.6 Å². The van der Waals surface area contributed by atoms with Crippen molar-refractivity contribution in [2.24, 2.45) is 0 Å². The van der Waals surface area contributed by atoms with E-state index in [9.17, 15) is 4.79 Å². The normalized spacial score (nSPS) is 10.4. The van der Waals surface area contributed by atoms with Gasteiger partial charge in [-0.3, -0.25) is 4.79 Å². The number of para-hydroxylation sites is 1. The van der Waals surface area contributed by atoms with Crippen LogP contribution in [0.15, 0.2) is 42.5 Å². The average Bonchev–Trinajstić information content (AvgIpc) is 2.49. The van der Waals surface area contributed by atoms with E-state index in [0.29, 0.717) is 5.56 Å². The first-order valence-corrected chi connectivity index (χ1v) is 7.37. The summed E-state index contributed by atoms with van der Waals surface area (Å²) < 4.78 is 0. The van der Waals surface area contributed by atoms with Crippen LogP contribution in [-0.4, -0.2) is 12.5 Å². The summed E-state index contributed by atoms with van der Waals surface area (Å²) in [6.45, 7) is 4.93. The third kappa shape index (κ3) is 3.92. The van der Waals surface area contributed by atoms with Crippen LogP contribution in [0, 0.1) is 13.8 Å². The summed E-state index contributed by atoms with van der Waals surface area (Å²) in [5.74, 6) is -0.0520. The van der Waals surface area contributed by atoms with E-state index in [4.69, 9.17) is 0 Å². The SMILES string of the molecule is Cc1cccc(C)c1NC(=O)c1cccc(CCC[NH3+])c1. The number of aryl methyl sites for hydroxylation is 3. The first-order valence-electron chi connectivity index (χ1n) is 7.37. The van der Waals surface area contributed by atoms with Gasteiger partial charge in [-0.05, 0) is 49.1 Å². The van der Waals surface area contributed by atoms with Gasteiger partial charge in [-0.2, -0.15) is 0 Å².